The molecule has 2 aromatic carbocycles. The highest BCUT2D eigenvalue weighted by molar-refractivity contribution is 7.23. The molecule has 0 radical (unpaired) electrons. The second kappa shape index (κ2) is 9.10. The lowest BCUT2D eigenvalue weighted by molar-refractivity contribution is -0.0892. The van der Waals surface area contributed by atoms with Gasteiger partial charge in [0, 0.05) is 24.6 Å². The van der Waals surface area contributed by atoms with E-state index in [0.717, 1.165) is 37.1 Å². The summed E-state index contributed by atoms with van der Waals surface area (Å²) in [7, 11) is 0. The van der Waals surface area contributed by atoms with Crippen LogP contribution in [0.5, 0.6) is 0 Å². The van der Waals surface area contributed by atoms with Gasteiger partial charge in [-0.25, -0.2) is 9.78 Å². The molecule has 186 valence electrons. The number of hydrogen-bond donors (Lipinski definition) is 2. The van der Waals surface area contributed by atoms with Crippen LogP contribution >= 0.6 is 22.7 Å². The van der Waals surface area contributed by atoms with Crippen LogP contribution in [0.2, 0.25) is 0 Å². The highest BCUT2D eigenvalue weighted by atomic mass is 32.1. The summed E-state index contributed by atoms with van der Waals surface area (Å²) in [5.74, 6) is 0. The number of amides is 1. The fourth-order valence-corrected chi connectivity index (χ4v) is 6.56. The van der Waals surface area contributed by atoms with Gasteiger partial charge in [-0.1, -0.05) is 54.6 Å². The molecule has 4 aromatic rings. The first-order chi connectivity index (χ1) is 17.0. The molecule has 0 aliphatic heterocycles. The molecule has 2 heterocycles. The smallest absolute Gasteiger partial charge is 0.408 e. The van der Waals surface area contributed by atoms with E-state index >= 15 is 0 Å². The third-order valence-electron chi connectivity index (χ3n) is 6.12. The van der Waals surface area contributed by atoms with Gasteiger partial charge in [-0.05, 0) is 38.8 Å². The number of nitrogens with one attached hydrogen (secondary N) is 1. The largest absolute Gasteiger partial charge is 0.444 e. The standard InChI is InChI=1S/C28H29N3O3S2/c1-26(2,3)34-25(32)31-28(15-27(4,33)16-28)20-12-10-18(11-13-20)22-23(19-8-6-5-7-9-19)36-24(30-22)21-14-29-17-35-21/h5-14,17,33H,15-16H2,1-4H3,(H,31,32). The second-order valence-corrected chi connectivity index (χ2v) is 12.5. The number of rotatable bonds is 5. The van der Waals surface area contributed by atoms with Crippen LogP contribution in [0.1, 0.15) is 46.1 Å². The zero-order chi connectivity index (χ0) is 25.6. The van der Waals surface area contributed by atoms with Crippen LogP contribution in [0.3, 0.4) is 0 Å². The van der Waals surface area contributed by atoms with Gasteiger partial charge in [0.05, 0.1) is 32.1 Å². The topological polar surface area (TPSA) is 84.3 Å². The van der Waals surface area contributed by atoms with Crippen LogP contribution < -0.4 is 5.32 Å². The number of alkyl carbamates (subject to hydrolysis) is 1. The molecule has 2 aromatic heterocycles. The lowest BCUT2D eigenvalue weighted by Gasteiger charge is -2.52. The number of thiazole rings is 2. The Morgan fingerprint density at radius 2 is 1.75 bits per heavy atom. The summed E-state index contributed by atoms with van der Waals surface area (Å²) >= 11 is 3.23. The Balaban J connectivity index is 1.49. The van der Waals surface area contributed by atoms with Gasteiger partial charge < -0.3 is 15.2 Å². The highest BCUT2D eigenvalue weighted by Gasteiger charge is 2.53. The Morgan fingerprint density at radius 1 is 1.06 bits per heavy atom. The molecule has 1 fully saturated rings. The highest BCUT2D eigenvalue weighted by Crippen LogP contribution is 2.49. The van der Waals surface area contributed by atoms with E-state index in [-0.39, 0.29) is 0 Å². The zero-order valence-corrected chi connectivity index (χ0v) is 22.4. The number of ether oxygens (including phenoxy) is 1. The molecule has 0 atom stereocenters. The molecule has 6 nitrogen and oxygen atoms in total. The number of carbonyl (C=O) groups excluding carboxylic acids is 1. The maximum absolute atomic E-state index is 12.6. The van der Waals surface area contributed by atoms with Crippen molar-refractivity contribution in [1.29, 1.82) is 0 Å². The summed E-state index contributed by atoms with van der Waals surface area (Å²) in [6.07, 6.45) is 2.20. The van der Waals surface area contributed by atoms with E-state index in [9.17, 15) is 9.90 Å². The maximum atomic E-state index is 12.6. The van der Waals surface area contributed by atoms with Gasteiger partial charge >= 0.3 is 6.09 Å². The van der Waals surface area contributed by atoms with Gasteiger partial charge in [-0.3, -0.25) is 4.98 Å². The fourth-order valence-electron chi connectivity index (χ4n) is 4.79. The van der Waals surface area contributed by atoms with E-state index in [2.05, 4.69) is 22.4 Å². The van der Waals surface area contributed by atoms with E-state index in [1.807, 2.05) is 74.9 Å². The van der Waals surface area contributed by atoms with Gasteiger partial charge in [0.15, 0.2) is 0 Å². The molecular weight excluding hydrogens is 490 g/mol. The number of nitrogens with zero attached hydrogens (tertiary/aromatic N) is 2. The van der Waals surface area contributed by atoms with Gasteiger partial charge in [0.2, 0.25) is 0 Å². The van der Waals surface area contributed by atoms with E-state index in [4.69, 9.17) is 9.72 Å². The van der Waals surface area contributed by atoms with Gasteiger partial charge in [-0.2, -0.15) is 0 Å². The van der Waals surface area contributed by atoms with E-state index in [1.165, 1.54) is 0 Å². The van der Waals surface area contributed by atoms with Crippen molar-refractivity contribution >= 4 is 28.8 Å². The molecule has 1 aliphatic rings. The molecule has 1 saturated carbocycles. The molecule has 36 heavy (non-hydrogen) atoms. The van der Waals surface area contributed by atoms with Crippen molar-refractivity contribution in [2.24, 2.45) is 0 Å². The molecule has 1 aliphatic carbocycles. The average molecular weight is 520 g/mol. The lowest BCUT2D eigenvalue weighted by atomic mass is 9.62. The first-order valence-electron chi connectivity index (χ1n) is 11.8. The number of aromatic nitrogens is 2. The third-order valence-corrected chi connectivity index (χ3v) is 8.17. The van der Waals surface area contributed by atoms with E-state index < -0.39 is 22.8 Å². The van der Waals surface area contributed by atoms with Crippen molar-refractivity contribution in [2.75, 3.05) is 0 Å². The van der Waals surface area contributed by atoms with Crippen molar-refractivity contribution in [2.45, 2.75) is 57.3 Å². The van der Waals surface area contributed by atoms with Crippen LogP contribution in [-0.2, 0) is 10.3 Å². The maximum Gasteiger partial charge on any atom is 0.408 e. The normalized spacial score (nSPS) is 21.6. The van der Waals surface area contributed by atoms with Crippen molar-refractivity contribution in [3.63, 3.8) is 0 Å². The van der Waals surface area contributed by atoms with Crippen molar-refractivity contribution in [3.05, 3.63) is 71.9 Å². The zero-order valence-electron chi connectivity index (χ0n) is 20.7. The molecule has 0 bridgehead atoms. The van der Waals surface area contributed by atoms with Crippen molar-refractivity contribution in [3.8, 4) is 31.6 Å². The molecule has 0 unspecified atom stereocenters. The summed E-state index contributed by atoms with van der Waals surface area (Å²) in [5, 5.41) is 14.5. The fraction of sp³-hybridized carbons (Fsp3) is 0.321. The Bertz CT molecular complexity index is 1350. The summed E-state index contributed by atoms with van der Waals surface area (Å²) in [6.45, 7) is 7.30. The molecular formula is C28H29N3O3S2. The van der Waals surface area contributed by atoms with E-state index in [0.29, 0.717) is 12.8 Å². The molecule has 2 N–H and O–H groups in total. The van der Waals surface area contributed by atoms with Crippen LogP contribution in [0, 0.1) is 0 Å². The van der Waals surface area contributed by atoms with Crippen molar-refractivity contribution in [1.82, 2.24) is 15.3 Å². The second-order valence-electron chi connectivity index (χ2n) is 10.6. The Kier molecular flexibility index (Phi) is 6.22. The van der Waals surface area contributed by atoms with Crippen LogP contribution in [0.25, 0.3) is 31.6 Å². The minimum absolute atomic E-state index is 0.417. The Labute approximate surface area is 219 Å². The van der Waals surface area contributed by atoms with Gasteiger partial charge in [0.1, 0.15) is 10.6 Å². The molecule has 5 rings (SSSR count). The average Bonchev–Trinajstić information content (AvgIpc) is 3.47. The van der Waals surface area contributed by atoms with Crippen LogP contribution in [-0.4, -0.2) is 32.4 Å². The lowest BCUT2D eigenvalue weighted by Crippen LogP contribution is -2.62. The molecule has 8 heteroatoms. The number of aliphatic hydroxyl groups is 1. The predicted molar refractivity (Wildman–Crippen MR) is 145 cm³/mol. The summed E-state index contributed by atoms with van der Waals surface area (Å²) in [5.41, 5.74) is 3.65. The number of benzene rings is 2. The van der Waals surface area contributed by atoms with Crippen LogP contribution in [0.4, 0.5) is 4.79 Å². The molecule has 1 amide bonds. The molecule has 0 saturated heterocycles. The first-order valence-corrected chi connectivity index (χ1v) is 13.5. The summed E-state index contributed by atoms with van der Waals surface area (Å²) in [6, 6.07) is 18.4. The van der Waals surface area contributed by atoms with Crippen molar-refractivity contribution < 1.29 is 14.6 Å². The number of hydrogen-bond acceptors (Lipinski definition) is 7. The molecule has 0 spiro atoms. The first kappa shape index (κ1) is 24.6. The monoisotopic (exact) mass is 519 g/mol. The van der Waals surface area contributed by atoms with E-state index in [1.54, 1.807) is 29.6 Å². The summed E-state index contributed by atoms with van der Waals surface area (Å²) in [4.78, 5) is 24.0. The van der Waals surface area contributed by atoms with Gasteiger partial charge in [-0.15, -0.1) is 22.7 Å². The quantitative estimate of drug-likeness (QED) is 0.301. The SMILES string of the molecule is CC1(O)CC(NC(=O)OC(C)(C)C)(c2ccc(-c3nc(-c4cncs4)sc3-c3ccccc3)cc2)C1. The minimum atomic E-state index is -0.841. The minimum Gasteiger partial charge on any atom is -0.444 e. The third kappa shape index (κ3) is 5.07. The number of carbonyl (C=O) groups is 1. The Morgan fingerprint density at radius 3 is 2.33 bits per heavy atom. The Hall–Kier alpha value is -3.07. The van der Waals surface area contributed by atoms with Gasteiger partial charge in [0.25, 0.3) is 0 Å². The predicted octanol–water partition coefficient (Wildman–Crippen LogP) is 6.87. The van der Waals surface area contributed by atoms with Crippen LogP contribution in [0.15, 0.2) is 66.3 Å². The summed E-state index contributed by atoms with van der Waals surface area (Å²) < 4.78 is 5.51.